The standard InChI is InChI=1S/C7H15NO2S.ClH/c1-3-7(11,4-2)5(8)6(9)10;/h5,11H,3-4,8H2,1-2H3,(H,9,10);1H. The summed E-state index contributed by atoms with van der Waals surface area (Å²) in [6.45, 7) is 3.78. The van der Waals surface area contributed by atoms with Crippen molar-refractivity contribution in [2.24, 2.45) is 5.73 Å². The lowest BCUT2D eigenvalue weighted by Gasteiger charge is -2.29. The van der Waals surface area contributed by atoms with Crippen molar-refractivity contribution in [1.29, 1.82) is 0 Å². The Morgan fingerprint density at radius 1 is 1.58 bits per heavy atom. The van der Waals surface area contributed by atoms with Crippen LogP contribution in [0.25, 0.3) is 0 Å². The second kappa shape index (κ2) is 5.67. The van der Waals surface area contributed by atoms with Crippen LogP contribution in [0.4, 0.5) is 0 Å². The van der Waals surface area contributed by atoms with Gasteiger partial charge in [0.1, 0.15) is 6.04 Å². The Kier molecular flexibility index (Phi) is 6.89. The molecule has 0 saturated heterocycles. The summed E-state index contributed by atoms with van der Waals surface area (Å²) in [4.78, 5) is 10.5. The van der Waals surface area contributed by atoms with Crippen molar-refractivity contribution >= 4 is 31.0 Å². The molecule has 0 amide bonds. The summed E-state index contributed by atoms with van der Waals surface area (Å²) < 4.78 is -0.564. The van der Waals surface area contributed by atoms with Crippen molar-refractivity contribution < 1.29 is 9.90 Å². The van der Waals surface area contributed by atoms with Crippen molar-refractivity contribution in [3.05, 3.63) is 0 Å². The van der Waals surface area contributed by atoms with Crippen LogP contribution in [0.5, 0.6) is 0 Å². The predicted molar refractivity (Wildman–Crippen MR) is 55.2 cm³/mol. The first kappa shape index (κ1) is 14.6. The Morgan fingerprint density at radius 3 is 2.00 bits per heavy atom. The van der Waals surface area contributed by atoms with E-state index in [0.29, 0.717) is 12.8 Å². The van der Waals surface area contributed by atoms with Gasteiger partial charge in [-0.05, 0) is 12.8 Å². The van der Waals surface area contributed by atoms with E-state index >= 15 is 0 Å². The van der Waals surface area contributed by atoms with Gasteiger partial charge in [0.25, 0.3) is 0 Å². The second-order valence-electron chi connectivity index (χ2n) is 2.63. The van der Waals surface area contributed by atoms with E-state index in [9.17, 15) is 4.79 Å². The van der Waals surface area contributed by atoms with Gasteiger partial charge in [0.05, 0.1) is 0 Å². The van der Waals surface area contributed by atoms with E-state index in [1.54, 1.807) is 0 Å². The molecule has 74 valence electrons. The van der Waals surface area contributed by atoms with E-state index in [1.165, 1.54) is 0 Å². The van der Waals surface area contributed by atoms with Gasteiger partial charge in [0.2, 0.25) is 0 Å². The number of carbonyl (C=O) groups is 1. The third-order valence-corrected chi connectivity index (χ3v) is 2.98. The number of hydrogen-bond donors (Lipinski definition) is 3. The van der Waals surface area contributed by atoms with Crippen molar-refractivity contribution in [3.8, 4) is 0 Å². The van der Waals surface area contributed by atoms with E-state index in [1.807, 2.05) is 13.8 Å². The molecular weight excluding hydrogens is 198 g/mol. The van der Waals surface area contributed by atoms with Crippen LogP contribution < -0.4 is 5.73 Å². The Morgan fingerprint density at radius 2 is 1.92 bits per heavy atom. The van der Waals surface area contributed by atoms with E-state index in [0.717, 1.165) is 0 Å². The zero-order chi connectivity index (χ0) is 9.07. The number of nitrogens with two attached hydrogens (primary N) is 1. The van der Waals surface area contributed by atoms with Crippen LogP contribution in [0.3, 0.4) is 0 Å². The monoisotopic (exact) mass is 213 g/mol. The fourth-order valence-corrected chi connectivity index (χ4v) is 1.03. The van der Waals surface area contributed by atoms with Crippen LogP contribution in [0, 0.1) is 0 Å². The van der Waals surface area contributed by atoms with Crippen molar-refractivity contribution in [3.63, 3.8) is 0 Å². The largest absolute Gasteiger partial charge is 0.480 e. The van der Waals surface area contributed by atoms with Crippen LogP contribution in [0.1, 0.15) is 26.7 Å². The Balaban J connectivity index is 0. The Labute approximate surface area is 84.5 Å². The van der Waals surface area contributed by atoms with E-state index < -0.39 is 16.8 Å². The molecule has 0 saturated carbocycles. The van der Waals surface area contributed by atoms with Gasteiger partial charge < -0.3 is 10.8 Å². The molecule has 0 aliphatic carbocycles. The highest BCUT2D eigenvalue weighted by Gasteiger charge is 2.34. The highest BCUT2D eigenvalue weighted by molar-refractivity contribution is 7.82. The van der Waals surface area contributed by atoms with Gasteiger partial charge in [-0.15, -0.1) is 12.4 Å². The summed E-state index contributed by atoms with van der Waals surface area (Å²) in [5.41, 5.74) is 5.44. The first-order valence-electron chi connectivity index (χ1n) is 3.68. The summed E-state index contributed by atoms with van der Waals surface area (Å²) in [5, 5.41) is 8.61. The lowest BCUT2D eigenvalue weighted by atomic mass is 9.94. The number of carboxylic acids is 1. The lowest BCUT2D eigenvalue weighted by Crippen LogP contribution is -2.48. The Hall–Kier alpha value is 0.0700. The highest BCUT2D eigenvalue weighted by Crippen LogP contribution is 2.26. The first-order chi connectivity index (χ1) is 4.98. The van der Waals surface area contributed by atoms with Gasteiger partial charge in [-0.1, -0.05) is 13.8 Å². The van der Waals surface area contributed by atoms with E-state index in [-0.39, 0.29) is 12.4 Å². The maximum absolute atomic E-state index is 10.5. The third-order valence-electron chi connectivity index (χ3n) is 2.07. The molecule has 0 radical (unpaired) electrons. The summed E-state index contributed by atoms with van der Waals surface area (Å²) in [5.74, 6) is -0.983. The molecule has 3 N–H and O–H groups in total. The van der Waals surface area contributed by atoms with Gasteiger partial charge in [0, 0.05) is 4.75 Å². The molecule has 5 heteroatoms. The topological polar surface area (TPSA) is 63.3 Å². The average Bonchev–Trinajstić information content (AvgIpc) is 2.01. The van der Waals surface area contributed by atoms with E-state index in [2.05, 4.69) is 12.6 Å². The van der Waals surface area contributed by atoms with Gasteiger partial charge >= 0.3 is 5.97 Å². The normalized spacial score (nSPS) is 13.3. The van der Waals surface area contributed by atoms with Gasteiger partial charge in [-0.25, -0.2) is 0 Å². The molecular formula is C7H16ClNO2S. The number of carboxylic acid groups (broad SMARTS) is 1. The second-order valence-corrected chi connectivity index (χ2v) is 3.52. The Bertz CT molecular complexity index is 150. The molecule has 0 bridgehead atoms. The lowest BCUT2D eigenvalue weighted by molar-refractivity contribution is -0.139. The quantitative estimate of drug-likeness (QED) is 0.617. The number of rotatable bonds is 4. The summed E-state index contributed by atoms with van der Waals surface area (Å²) >= 11 is 4.25. The fourth-order valence-electron chi connectivity index (χ4n) is 0.920. The molecule has 0 aromatic heterocycles. The molecule has 12 heavy (non-hydrogen) atoms. The van der Waals surface area contributed by atoms with Crippen molar-refractivity contribution in [2.75, 3.05) is 0 Å². The third kappa shape index (κ3) is 3.21. The number of halogens is 1. The maximum atomic E-state index is 10.5. The highest BCUT2D eigenvalue weighted by atomic mass is 35.5. The molecule has 0 aliphatic rings. The molecule has 3 nitrogen and oxygen atoms in total. The maximum Gasteiger partial charge on any atom is 0.321 e. The predicted octanol–water partition coefficient (Wildman–Crippen LogP) is 1.31. The number of hydrogen-bond acceptors (Lipinski definition) is 3. The zero-order valence-electron chi connectivity index (χ0n) is 7.28. The molecule has 0 aliphatic heterocycles. The minimum Gasteiger partial charge on any atom is -0.480 e. The van der Waals surface area contributed by atoms with Gasteiger partial charge in [-0.3, -0.25) is 4.79 Å². The molecule has 0 fully saturated rings. The van der Waals surface area contributed by atoms with Gasteiger partial charge in [0.15, 0.2) is 0 Å². The minimum atomic E-state index is -0.983. The van der Waals surface area contributed by atoms with Crippen LogP contribution in [-0.4, -0.2) is 21.9 Å². The van der Waals surface area contributed by atoms with Crippen molar-refractivity contribution in [1.82, 2.24) is 0 Å². The van der Waals surface area contributed by atoms with Crippen LogP contribution in [-0.2, 0) is 4.79 Å². The summed E-state index contributed by atoms with van der Waals surface area (Å²) in [7, 11) is 0. The van der Waals surface area contributed by atoms with Crippen LogP contribution in [0.15, 0.2) is 0 Å². The first-order valence-corrected chi connectivity index (χ1v) is 4.13. The smallest absolute Gasteiger partial charge is 0.321 e. The molecule has 1 atom stereocenters. The number of aliphatic carboxylic acids is 1. The van der Waals surface area contributed by atoms with Gasteiger partial charge in [-0.2, -0.15) is 12.6 Å². The molecule has 0 spiro atoms. The average molecular weight is 214 g/mol. The van der Waals surface area contributed by atoms with E-state index in [4.69, 9.17) is 10.8 Å². The minimum absolute atomic E-state index is 0. The van der Waals surface area contributed by atoms with Crippen molar-refractivity contribution in [2.45, 2.75) is 37.5 Å². The molecule has 0 aromatic rings. The fraction of sp³-hybridized carbons (Fsp3) is 0.857. The molecule has 0 heterocycles. The summed E-state index contributed by atoms with van der Waals surface area (Å²) in [6.07, 6.45) is 1.33. The zero-order valence-corrected chi connectivity index (χ0v) is 8.99. The SMILES string of the molecule is CCC(S)(CC)C(N)C(=O)O.Cl. The molecule has 1 unspecified atom stereocenters. The summed E-state index contributed by atoms with van der Waals surface area (Å²) in [6, 6.07) is -0.874. The molecule has 0 rings (SSSR count). The van der Waals surface area contributed by atoms with Crippen LogP contribution in [0.2, 0.25) is 0 Å². The number of thiol groups is 1. The molecule has 0 aromatic carbocycles. The van der Waals surface area contributed by atoms with Crippen LogP contribution >= 0.6 is 25.0 Å².